The van der Waals surface area contributed by atoms with Gasteiger partial charge in [0.2, 0.25) is 11.8 Å². The van der Waals surface area contributed by atoms with Gasteiger partial charge in [0.15, 0.2) is 0 Å². The van der Waals surface area contributed by atoms with E-state index in [9.17, 15) is 9.59 Å². The fraction of sp³-hybridized carbons (Fsp3) is 0.800. The molecule has 0 aromatic heterocycles. The van der Waals surface area contributed by atoms with Crippen LogP contribution in [0.2, 0.25) is 0 Å². The Hall–Kier alpha value is -1.18. The first-order chi connectivity index (χ1) is 8.01. The van der Waals surface area contributed by atoms with Crippen LogP contribution in [0.25, 0.3) is 0 Å². The highest BCUT2D eigenvalue weighted by molar-refractivity contribution is 5.78. The predicted molar refractivity (Wildman–Crippen MR) is 63.9 cm³/mol. The number of hydrogen-bond donors (Lipinski definition) is 3. The molecule has 0 aromatic carbocycles. The van der Waals surface area contributed by atoms with E-state index in [4.69, 9.17) is 10.6 Å². The first-order valence-corrected chi connectivity index (χ1v) is 5.46. The van der Waals surface area contributed by atoms with Crippen molar-refractivity contribution in [3.8, 4) is 0 Å². The van der Waals surface area contributed by atoms with Gasteiger partial charge in [0.25, 0.3) is 0 Å². The average Bonchev–Trinajstić information content (AvgIpc) is 2.28. The number of methoxy groups -OCH3 is 1. The number of nitrogens with one attached hydrogen (secondary N) is 2. The normalized spacial score (nSPS) is 12.3. The smallest absolute Gasteiger partial charge is 0.235 e. The summed E-state index contributed by atoms with van der Waals surface area (Å²) in [6.07, 6.45) is 0.262. The van der Waals surface area contributed by atoms with Gasteiger partial charge in [0.05, 0.1) is 13.2 Å². The van der Waals surface area contributed by atoms with Gasteiger partial charge in [-0.05, 0) is 14.0 Å². The van der Waals surface area contributed by atoms with Crippen LogP contribution in [0.15, 0.2) is 0 Å². The Morgan fingerprint density at radius 2 is 2.06 bits per heavy atom. The molecule has 0 saturated carbocycles. The lowest BCUT2D eigenvalue weighted by Crippen LogP contribution is -2.43. The first-order valence-electron chi connectivity index (χ1n) is 5.46. The molecule has 17 heavy (non-hydrogen) atoms. The van der Waals surface area contributed by atoms with Crippen molar-refractivity contribution in [1.82, 2.24) is 15.6 Å². The van der Waals surface area contributed by atoms with Gasteiger partial charge in [-0.15, -0.1) is 0 Å². The molecule has 0 bridgehead atoms. The molecule has 0 aliphatic carbocycles. The van der Waals surface area contributed by atoms with Crippen LogP contribution >= 0.6 is 0 Å². The van der Waals surface area contributed by atoms with Crippen LogP contribution in [0.5, 0.6) is 0 Å². The molecule has 0 aromatic rings. The number of hydrogen-bond acceptors (Lipinski definition) is 5. The fourth-order valence-corrected chi connectivity index (χ4v) is 1.21. The summed E-state index contributed by atoms with van der Waals surface area (Å²) in [6.45, 7) is 3.07. The van der Waals surface area contributed by atoms with Crippen LogP contribution < -0.4 is 16.6 Å². The average molecular weight is 246 g/mol. The number of nitrogens with zero attached hydrogens (tertiary/aromatic N) is 1. The zero-order chi connectivity index (χ0) is 13.3. The summed E-state index contributed by atoms with van der Waals surface area (Å²) in [7, 11) is 3.36. The summed E-state index contributed by atoms with van der Waals surface area (Å²) >= 11 is 0. The van der Waals surface area contributed by atoms with E-state index >= 15 is 0 Å². The van der Waals surface area contributed by atoms with E-state index in [0.29, 0.717) is 13.2 Å². The molecule has 7 heteroatoms. The number of hydrazine groups is 1. The Kier molecular flexibility index (Phi) is 8.29. The van der Waals surface area contributed by atoms with Crippen LogP contribution in [-0.2, 0) is 14.3 Å². The zero-order valence-corrected chi connectivity index (χ0v) is 10.7. The van der Waals surface area contributed by atoms with E-state index in [1.54, 1.807) is 19.1 Å². The van der Waals surface area contributed by atoms with E-state index in [0.717, 1.165) is 0 Å². The van der Waals surface area contributed by atoms with Crippen LogP contribution in [-0.4, -0.2) is 56.6 Å². The van der Waals surface area contributed by atoms with Crippen molar-refractivity contribution in [1.29, 1.82) is 0 Å². The number of amides is 2. The van der Waals surface area contributed by atoms with Crippen molar-refractivity contribution >= 4 is 11.8 Å². The lowest BCUT2D eigenvalue weighted by molar-refractivity contribution is -0.125. The Morgan fingerprint density at radius 3 is 2.59 bits per heavy atom. The van der Waals surface area contributed by atoms with Gasteiger partial charge >= 0.3 is 0 Å². The number of carbonyl (C=O) groups is 2. The van der Waals surface area contributed by atoms with Crippen molar-refractivity contribution in [2.24, 2.45) is 5.84 Å². The molecule has 0 aliphatic heterocycles. The molecule has 0 aliphatic rings. The minimum atomic E-state index is -0.246. The third-order valence-electron chi connectivity index (χ3n) is 2.42. The number of ether oxygens (including phenoxy) is 1. The number of carbonyl (C=O) groups excluding carboxylic acids is 2. The van der Waals surface area contributed by atoms with Gasteiger partial charge in [0.1, 0.15) is 0 Å². The lowest BCUT2D eigenvalue weighted by Gasteiger charge is -2.23. The Morgan fingerprint density at radius 1 is 1.41 bits per heavy atom. The van der Waals surface area contributed by atoms with Crippen molar-refractivity contribution in [2.45, 2.75) is 19.4 Å². The standard InChI is InChI=1S/C10H22N4O3/c1-8(6-9(15)13-11)14(2)7-10(16)12-4-5-17-3/h8H,4-7,11H2,1-3H3,(H,12,16)(H,13,15). The second kappa shape index (κ2) is 8.91. The second-order valence-corrected chi connectivity index (χ2v) is 3.88. The number of likely N-dealkylation sites (N-methyl/N-ethyl adjacent to an activating group) is 1. The molecular formula is C10H22N4O3. The van der Waals surface area contributed by atoms with Crippen LogP contribution in [0.1, 0.15) is 13.3 Å². The highest BCUT2D eigenvalue weighted by Crippen LogP contribution is 1.99. The molecular weight excluding hydrogens is 224 g/mol. The summed E-state index contributed by atoms with van der Waals surface area (Å²) in [5, 5.41) is 2.71. The monoisotopic (exact) mass is 246 g/mol. The maximum absolute atomic E-state index is 11.5. The van der Waals surface area contributed by atoms with Gasteiger partial charge in [-0.25, -0.2) is 5.84 Å². The minimum Gasteiger partial charge on any atom is -0.383 e. The topological polar surface area (TPSA) is 96.7 Å². The minimum absolute atomic E-state index is 0.0493. The SMILES string of the molecule is COCCNC(=O)CN(C)C(C)CC(=O)NN. The van der Waals surface area contributed by atoms with E-state index < -0.39 is 0 Å². The summed E-state index contributed by atoms with van der Waals surface area (Å²) in [5.41, 5.74) is 2.06. The third kappa shape index (κ3) is 7.67. The van der Waals surface area contributed by atoms with Crippen molar-refractivity contribution in [2.75, 3.05) is 33.9 Å². The largest absolute Gasteiger partial charge is 0.383 e. The highest BCUT2D eigenvalue weighted by atomic mass is 16.5. The molecule has 1 atom stereocenters. The van der Waals surface area contributed by atoms with Crippen molar-refractivity contribution < 1.29 is 14.3 Å². The van der Waals surface area contributed by atoms with E-state index in [2.05, 4.69) is 10.7 Å². The van der Waals surface area contributed by atoms with Gasteiger partial charge < -0.3 is 10.1 Å². The van der Waals surface area contributed by atoms with Crippen LogP contribution in [0.4, 0.5) is 0 Å². The fourth-order valence-electron chi connectivity index (χ4n) is 1.21. The molecule has 0 fully saturated rings. The Balaban J connectivity index is 3.86. The molecule has 100 valence electrons. The predicted octanol–water partition coefficient (Wildman–Crippen LogP) is -1.55. The second-order valence-electron chi connectivity index (χ2n) is 3.88. The summed E-state index contributed by atoms with van der Waals surface area (Å²) in [4.78, 5) is 24.3. The molecule has 0 rings (SSSR count). The molecule has 4 N–H and O–H groups in total. The van der Waals surface area contributed by atoms with E-state index in [1.807, 2.05) is 6.92 Å². The molecule has 7 nitrogen and oxygen atoms in total. The van der Waals surface area contributed by atoms with Crippen LogP contribution in [0, 0.1) is 0 Å². The maximum Gasteiger partial charge on any atom is 0.235 e. The van der Waals surface area contributed by atoms with Crippen LogP contribution in [0.3, 0.4) is 0 Å². The van der Waals surface area contributed by atoms with E-state index in [1.165, 1.54) is 0 Å². The molecule has 0 spiro atoms. The Bertz CT molecular complexity index is 248. The van der Waals surface area contributed by atoms with Crippen molar-refractivity contribution in [3.63, 3.8) is 0 Å². The Labute approximate surface area is 102 Å². The molecule has 0 radical (unpaired) electrons. The van der Waals surface area contributed by atoms with Gasteiger partial charge in [-0.2, -0.15) is 0 Å². The molecule has 2 amide bonds. The third-order valence-corrected chi connectivity index (χ3v) is 2.42. The van der Waals surface area contributed by atoms with E-state index in [-0.39, 0.29) is 30.8 Å². The zero-order valence-electron chi connectivity index (χ0n) is 10.7. The van der Waals surface area contributed by atoms with Gasteiger partial charge in [0, 0.05) is 26.1 Å². The van der Waals surface area contributed by atoms with Gasteiger partial charge in [-0.1, -0.05) is 0 Å². The summed E-state index contributed by atoms with van der Waals surface area (Å²) in [6, 6.07) is -0.0493. The highest BCUT2D eigenvalue weighted by Gasteiger charge is 2.15. The number of nitrogens with two attached hydrogens (primary N) is 1. The lowest BCUT2D eigenvalue weighted by atomic mass is 10.2. The maximum atomic E-state index is 11.5. The quantitative estimate of drug-likeness (QED) is 0.208. The molecule has 0 heterocycles. The molecule has 1 unspecified atom stereocenters. The summed E-state index contributed by atoms with van der Waals surface area (Å²) < 4.78 is 4.82. The summed E-state index contributed by atoms with van der Waals surface area (Å²) in [5.74, 6) is 4.65. The molecule has 0 saturated heterocycles. The van der Waals surface area contributed by atoms with Gasteiger partial charge in [-0.3, -0.25) is 19.9 Å². The first kappa shape index (κ1) is 15.8. The van der Waals surface area contributed by atoms with Crippen molar-refractivity contribution in [3.05, 3.63) is 0 Å². The number of rotatable bonds is 8.